The van der Waals surface area contributed by atoms with Crippen LogP contribution in [0, 0.1) is 12.8 Å². The molecule has 1 saturated carbocycles. The van der Waals surface area contributed by atoms with Gasteiger partial charge >= 0.3 is 5.97 Å². The quantitative estimate of drug-likeness (QED) is 0.836. The number of furan rings is 1. The van der Waals surface area contributed by atoms with Crippen molar-refractivity contribution in [3.8, 4) is 0 Å². The minimum Gasteiger partial charge on any atom is -0.481 e. The normalized spacial score (nSPS) is 23.6. The monoisotopic (exact) mass is 237 g/mol. The highest BCUT2D eigenvalue weighted by Gasteiger charge is 2.30. The van der Waals surface area contributed by atoms with Gasteiger partial charge in [-0.2, -0.15) is 0 Å². The Kier molecular flexibility index (Phi) is 3.17. The molecule has 5 heteroatoms. The molecule has 5 nitrogen and oxygen atoms in total. The number of amides is 1. The first-order valence-corrected chi connectivity index (χ1v) is 5.65. The summed E-state index contributed by atoms with van der Waals surface area (Å²) in [5, 5.41) is 11.7. The summed E-state index contributed by atoms with van der Waals surface area (Å²) in [4.78, 5) is 22.6. The summed E-state index contributed by atoms with van der Waals surface area (Å²) in [6.45, 7) is 1.77. The van der Waals surface area contributed by atoms with Crippen molar-refractivity contribution in [3.05, 3.63) is 23.7 Å². The highest BCUT2D eigenvalue weighted by Crippen LogP contribution is 2.25. The number of nitrogens with one attached hydrogen (secondary N) is 1. The Morgan fingerprint density at radius 1 is 1.47 bits per heavy atom. The van der Waals surface area contributed by atoms with E-state index in [-0.39, 0.29) is 17.9 Å². The smallest absolute Gasteiger partial charge is 0.306 e. The lowest BCUT2D eigenvalue weighted by Crippen LogP contribution is -2.33. The van der Waals surface area contributed by atoms with Gasteiger partial charge in [-0.05, 0) is 32.3 Å². The maximum Gasteiger partial charge on any atom is 0.306 e. The maximum absolute atomic E-state index is 11.8. The molecule has 1 aromatic heterocycles. The second-order valence-corrected chi connectivity index (χ2v) is 4.46. The van der Waals surface area contributed by atoms with Gasteiger partial charge in [0.05, 0.1) is 11.5 Å². The molecule has 1 amide bonds. The number of carbonyl (C=O) groups excluding carboxylic acids is 1. The molecule has 92 valence electrons. The molecule has 1 aromatic rings. The van der Waals surface area contributed by atoms with Crippen LogP contribution in [0.15, 0.2) is 16.7 Å². The first-order chi connectivity index (χ1) is 8.06. The zero-order chi connectivity index (χ0) is 12.4. The Morgan fingerprint density at radius 2 is 2.24 bits per heavy atom. The standard InChI is InChI=1S/C12H15NO4/c1-7-4-9(6-17-7)11(14)13-10-3-2-8(5-10)12(15)16/h4,6,8,10H,2-3,5H2,1H3,(H,13,14)(H,15,16)/t8-,10+/m0/s1. The third-order valence-electron chi connectivity index (χ3n) is 3.11. The molecule has 0 radical (unpaired) electrons. The Morgan fingerprint density at radius 3 is 2.76 bits per heavy atom. The van der Waals surface area contributed by atoms with Crippen molar-refractivity contribution >= 4 is 11.9 Å². The topological polar surface area (TPSA) is 79.5 Å². The van der Waals surface area contributed by atoms with Crippen LogP contribution < -0.4 is 5.32 Å². The van der Waals surface area contributed by atoms with E-state index in [0.29, 0.717) is 24.2 Å². The molecule has 1 fully saturated rings. The largest absolute Gasteiger partial charge is 0.481 e. The summed E-state index contributed by atoms with van der Waals surface area (Å²) in [7, 11) is 0. The van der Waals surface area contributed by atoms with E-state index in [1.165, 1.54) is 6.26 Å². The molecule has 0 unspecified atom stereocenters. The van der Waals surface area contributed by atoms with Crippen LogP contribution in [0.5, 0.6) is 0 Å². The second kappa shape index (κ2) is 4.61. The van der Waals surface area contributed by atoms with Crippen LogP contribution in [0.25, 0.3) is 0 Å². The van der Waals surface area contributed by atoms with E-state index in [1.807, 2.05) is 0 Å². The van der Waals surface area contributed by atoms with Crippen LogP contribution in [0.2, 0.25) is 0 Å². The van der Waals surface area contributed by atoms with Gasteiger partial charge in [-0.15, -0.1) is 0 Å². The van der Waals surface area contributed by atoms with Gasteiger partial charge in [-0.1, -0.05) is 0 Å². The van der Waals surface area contributed by atoms with Crippen LogP contribution in [0.1, 0.15) is 35.4 Å². The van der Waals surface area contributed by atoms with Gasteiger partial charge in [-0.3, -0.25) is 9.59 Å². The first-order valence-electron chi connectivity index (χ1n) is 5.65. The lowest BCUT2D eigenvalue weighted by atomic mass is 10.1. The molecule has 0 spiro atoms. The van der Waals surface area contributed by atoms with Crippen LogP contribution in [-0.2, 0) is 4.79 Å². The van der Waals surface area contributed by atoms with E-state index in [4.69, 9.17) is 9.52 Å². The fourth-order valence-electron chi connectivity index (χ4n) is 2.17. The van der Waals surface area contributed by atoms with Gasteiger partial charge in [0.2, 0.25) is 0 Å². The van der Waals surface area contributed by atoms with Crippen molar-refractivity contribution in [2.45, 2.75) is 32.2 Å². The predicted molar refractivity (Wildman–Crippen MR) is 59.7 cm³/mol. The SMILES string of the molecule is Cc1cc(C(=O)N[C@@H]2CC[C@H](C(=O)O)C2)co1. The van der Waals surface area contributed by atoms with Gasteiger partial charge in [0.25, 0.3) is 5.91 Å². The molecule has 1 aliphatic carbocycles. The minimum absolute atomic E-state index is 0.0428. The predicted octanol–water partition coefficient (Wildman–Crippen LogP) is 1.57. The number of aryl methyl sites for hydroxylation is 1. The van der Waals surface area contributed by atoms with Gasteiger partial charge in [-0.25, -0.2) is 0 Å². The van der Waals surface area contributed by atoms with Crippen LogP contribution in [-0.4, -0.2) is 23.0 Å². The molecule has 1 heterocycles. The Labute approximate surface area is 98.8 Å². The molecule has 2 atom stereocenters. The van der Waals surface area contributed by atoms with Crippen molar-refractivity contribution in [2.75, 3.05) is 0 Å². The van der Waals surface area contributed by atoms with E-state index < -0.39 is 5.97 Å². The van der Waals surface area contributed by atoms with E-state index >= 15 is 0 Å². The lowest BCUT2D eigenvalue weighted by molar-refractivity contribution is -0.141. The van der Waals surface area contributed by atoms with Crippen molar-refractivity contribution in [1.29, 1.82) is 0 Å². The number of carboxylic acid groups (broad SMARTS) is 1. The molecule has 2 rings (SSSR count). The summed E-state index contributed by atoms with van der Waals surface area (Å²) >= 11 is 0. The molecule has 17 heavy (non-hydrogen) atoms. The third-order valence-corrected chi connectivity index (χ3v) is 3.11. The van der Waals surface area contributed by atoms with E-state index in [2.05, 4.69) is 5.32 Å². The van der Waals surface area contributed by atoms with Gasteiger partial charge in [0.1, 0.15) is 12.0 Å². The highest BCUT2D eigenvalue weighted by molar-refractivity contribution is 5.94. The highest BCUT2D eigenvalue weighted by atomic mass is 16.4. The number of hydrogen-bond donors (Lipinski definition) is 2. The number of hydrogen-bond acceptors (Lipinski definition) is 3. The molecule has 1 aliphatic rings. The summed E-state index contributed by atoms with van der Waals surface area (Å²) in [6, 6.07) is 1.62. The van der Waals surface area contributed by atoms with Gasteiger partial charge in [0.15, 0.2) is 0 Å². The second-order valence-electron chi connectivity index (χ2n) is 4.46. The van der Waals surface area contributed by atoms with E-state index in [9.17, 15) is 9.59 Å². The average Bonchev–Trinajstić information content (AvgIpc) is 2.86. The van der Waals surface area contributed by atoms with Crippen molar-refractivity contribution in [2.24, 2.45) is 5.92 Å². The molecule has 0 saturated heterocycles. The summed E-state index contributed by atoms with van der Waals surface area (Å²) < 4.78 is 5.05. The van der Waals surface area contributed by atoms with E-state index in [1.54, 1.807) is 13.0 Å². The van der Waals surface area contributed by atoms with Crippen LogP contribution >= 0.6 is 0 Å². The third kappa shape index (κ3) is 2.67. The Bertz CT molecular complexity index is 437. The fourth-order valence-corrected chi connectivity index (χ4v) is 2.17. The minimum atomic E-state index is -0.777. The van der Waals surface area contributed by atoms with Crippen molar-refractivity contribution < 1.29 is 19.1 Å². The first kappa shape index (κ1) is 11.7. The zero-order valence-electron chi connectivity index (χ0n) is 9.60. The molecule has 0 bridgehead atoms. The number of aliphatic carboxylic acids is 1. The van der Waals surface area contributed by atoms with Crippen molar-refractivity contribution in [3.63, 3.8) is 0 Å². The lowest BCUT2D eigenvalue weighted by Gasteiger charge is -2.11. The fraction of sp³-hybridized carbons (Fsp3) is 0.500. The number of rotatable bonds is 3. The average molecular weight is 237 g/mol. The molecule has 2 N–H and O–H groups in total. The molecular formula is C12H15NO4. The van der Waals surface area contributed by atoms with E-state index in [0.717, 1.165) is 6.42 Å². The maximum atomic E-state index is 11.8. The summed E-state index contributed by atoms with van der Waals surface area (Å²) in [5.41, 5.74) is 0.487. The summed E-state index contributed by atoms with van der Waals surface area (Å²) in [6.07, 6.45) is 3.27. The van der Waals surface area contributed by atoms with Gasteiger partial charge < -0.3 is 14.8 Å². The Balaban J connectivity index is 1.90. The van der Waals surface area contributed by atoms with Crippen LogP contribution in [0.4, 0.5) is 0 Å². The number of carbonyl (C=O) groups is 2. The molecule has 0 aliphatic heterocycles. The number of carboxylic acids is 1. The van der Waals surface area contributed by atoms with Gasteiger partial charge in [0, 0.05) is 6.04 Å². The zero-order valence-corrected chi connectivity index (χ0v) is 9.60. The molecule has 0 aromatic carbocycles. The molecular weight excluding hydrogens is 222 g/mol. The van der Waals surface area contributed by atoms with Crippen LogP contribution in [0.3, 0.4) is 0 Å². The van der Waals surface area contributed by atoms with Crippen molar-refractivity contribution in [1.82, 2.24) is 5.32 Å². The summed E-state index contributed by atoms with van der Waals surface area (Å²) in [5.74, 6) is -0.616. The Hall–Kier alpha value is -1.78.